The molecule has 0 bridgehead atoms. The first-order valence-electron chi connectivity index (χ1n) is 4.62. The van der Waals surface area contributed by atoms with Crippen LogP contribution in [0.25, 0.3) is 0 Å². The molecule has 1 rings (SSSR count). The Morgan fingerprint density at radius 3 is 2.53 bits per heavy atom. The zero-order valence-corrected chi connectivity index (χ0v) is 9.34. The molecule has 0 saturated carbocycles. The van der Waals surface area contributed by atoms with Gasteiger partial charge in [-0.25, -0.2) is 0 Å². The fourth-order valence-electron chi connectivity index (χ4n) is 1.01. The van der Waals surface area contributed by atoms with Gasteiger partial charge in [0.25, 0.3) is 0 Å². The van der Waals surface area contributed by atoms with Gasteiger partial charge in [0.2, 0.25) is 5.91 Å². The molecular formula is C10H14N2O2S. The van der Waals surface area contributed by atoms with E-state index in [4.69, 9.17) is 5.73 Å². The molecule has 15 heavy (non-hydrogen) atoms. The summed E-state index contributed by atoms with van der Waals surface area (Å²) < 4.78 is 11.1. The largest absolute Gasteiger partial charge is 0.399 e. The number of hydrogen-bond acceptors (Lipinski definition) is 3. The first kappa shape index (κ1) is 11.7. The fourth-order valence-corrected chi connectivity index (χ4v) is 1.58. The quantitative estimate of drug-likeness (QED) is 0.752. The minimum absolute atomic E-state index is 0.0425. The predicted octanol–water partition coefficient (Wildman–Crippen LogP) is 0.976. The Morgan fingerprint density at radius 2 is 2.00 bits per heavy atom. The minimum Gasteiger partial charge on any atom is -0.399 e. The maximum absolute atomic E-state index is 11.3. The summed E-state index contributed by atoms with van der Waals surface area (Å²) in [6.45, 7) is 1.78. The molecule has 0 spiro atoms. The number of nitrogen functional groups attached to an aromatic ring is 1. The fraction of sp³-hybridized carbons (Fsp3) is 0.300. The van der Waals surface area contributed by atoms with Gasteiger partial charge in [-0.3, -0.25) is 9.00 Å². The van der Waals surface area contributed by atoms with Crippen molar-refractivity contribution < 1.29 is 9.00 Å². The second-order valence-corrected chi connectivity index (χ2v) is 4.79. The van der Waals surface area contributed by atoms with Gasteiger partial charge in [-0.15, -0.1) is 0 Å². The lowest BCUT2D eigenvalue weighted by Crippen LogP contribution is -2.20. The number of rotatable bonds is 4. The van der Waals surface area contributed by atoms with Crippen LogP contribution < -0.4 is 11.1 Å². The molecule has 1 aromatic carbocycles. The van der Waals surface area contributed by atoms with E-state index in [2.05, 4.69) is 5.32 Å². The van der Waals surface area contributed by atoms with Crippen LogP contribution in [0.2, 0.25) is 0 Å². The summed E-state index contributed by atoms with van der Waals surface area (Å²) in [5.41, 5.74) is 6.81. The smallest absolute Gasteiger partial charge is 0.236 e. The van der Waals surface area contributed by atoms with E-state index in [-0.39, 0.29) is 11.7 Å². The zero-order chi connectivity index (χ0) is 11.3. The molecule has 0 heterocycles. The summed E-state index contributed by atoms with van der Waals surface area (Å²) in [4.78, 5) is 11.3. The number of nitrogens with one attached hydrogen (secondary N) is 1. The van der Waals surface area contributed by atoms with Gasteiger partial charge < -0.3 is 11.1 Å². The number of carbonyl (C=O) groups excluding carboxylic acids is 1. The number of anilines is 2. The SMILES string of the molecule is CCS(=O)CC(=O)Nc1ccc(N)cc1. The molecule has 0 saturated heterocycles. The molecule has 0 aliphatic heterocycles. The highest BCUT2D eigenvalue weighted by Crippen LogP contribution is 2.10. The van der Waals surface area contributed by atoms with Crippen LogP contribution in [0, 0.1) is 0 Å². The molecular weight excluding hydrogens is 212 g/mol. The Labute approximate surface area is 91.3 Å². The van der Waals surface area contributed by atoms with Crippen molar-refractivity contribution in [1.82, 2.24) is 0 Å². The molecule has 5 heteroatoms. The molecule has 0 aliphatic carbocycles. The van der Waals surface area contributed by atoms with Gasteiger partial charge in [0.05, 0.1) is 0 Å². The summed E-state index contributed by atoms with van der Waals surface area (Å²) in [6, 6.07) is 6.82. The van der Waals surface area contributed by atoms with Gasteiger partial charge in [0, 0.05) is 27.9 Å². The number of nitrogens with two attached hydrogens (primary N) is 1. The Kier molecular flexibility index (Phi) is 4.30. The molecule has 4 nitrogen and oxygen atoms in total. The van der Waals surface area contributed by atoms with Crippen molar-refractivity contribution in [3.05, 3.63) is 24.3 Å². The highest BCUT2D eigenvalue weighted by Gasteiger charge is 2.05. The Balaban J connectivity index is 2.51. The molecule has 0 aromatic heterocycles. The summed E-state index contributed by atoms with van der Waals surface area (Å²) in [5.74, 6) is 0.302. The minimum atomic E-state index is -1.07. The van der Waals surface area contributed by atoms with Crippen molar-refractivity contribution in [2.24, 2.45) is 0 Å². The van der Waals surface area contributed by atoms with Crippen molar-refractivity contribution in [2.75, 3.05) is 22.6 Å². The summed E-state index contributed by atoms with van der Waals surface area (Å²) in [6.07, 6.45) is 0. The third kappa shape index (κ3) is 4.12. The first-order valence-corrected chi connectivity index (χ1v) is 6.11. The molecule has 0 aliphatic rings. The van der Waals surface area contributed by atoms with Crippen LogP contribution in [0.1, 0.15) is 6.92 Å². The number of amides is 1. The van der Waals surface area contributed by atoms with Crippen LogP contribution in [-0.4, -0.2) is 21.6 Å². The van der Waals surface area contributed by atoms with Gasteiger partial charge in [-0.05, 0) is 24.3 Å². The van der Waals surface area contributed by atoms with E-state index in [0.717, 1.165) is 0 Å². The molecule has 1 unspecified atom stereocenters. The molecule has 1 atom stereocenters. The molecule has 82 valence electrons. The third-order valence-electron chi connectivity index (χ3n) is 1.81. The average Bonchev–Trinajstić information content (AvgIpc) is 2.21. The summed E-state index contributed by atoms with van der Waals surface area (Å²) in [7, 11) is -1.07. The van der Waals surface area contributed by atoms with E-state index in [9.17, 15) is 9.00 Å². The van der Waals surface area contributed by atoms with Crippen LogP contribution >= 0.6 is 0 Å². The lowest BCUT2D eigenvalue weighted by molar-refractivity contribution is -0.113. The van der Waals surface area contributed by atoms with Crippen LogP contribution in [0.3, 0.4) is 0 Å². The monoisotopic (exact) mass is 226 g/mol. The first-order chi connectivity index (χ1) is 7.11. The Bertz CT molecular complexity index is 362. The van der Waals surface area contributed by atoms with Gasteiger partial charge in [-0.2, -0.15) is 0 Å². The third-order valence-corrected chi connectivity index (χ3v) is 3.04. The predicted molar refractivity (Wildman–Crippen MR) is 63.0 cm³/mol. The van der Waals surface area contributed by atoms with E-state index in [0.29, 0.717) is 17.1 Å². The topological polar surface area (TPSA) is 72.2 Å². The highest BCUT2D eigenvalue weighted by atomic mass is 32.2. The Hall–Kier alpha value is -1.36. The number of carbonyl (C=O) groups is 1. The summed E-state index contributed by atoms with van der Waals surface area (Å²) >= 11 is 0. The van der Waals surface area contributed by atoms with Gasteiger partial charge in [-0.1, -0.05) is 6.92 Å². The lowest BCUT2D eigenvalue weighted by Gasteiger charge is -2.04. The van der Waals surface area contributed by atoms with Gasteiger partial charge >= 0.3 is 0 Å². The van der Waals surface area contributed by atoms with Crippen molar-refractivity contribution in [1.29, 1.82) is 0 Å². The van der Waals surface area contributed by atoms with Crippen molar-refractivity contribution in [2.45, 2.75) is 6.92 Å². The van der Waals surface area contributed by atoms with Crippen LogP contribution in [0.5, 0.6) is 0 Å². The Morgan fingerprint density at radius 1 is 1.40 bits per heavy atom. The maximum Gasteiger partial charge on any atom is 0.236 e. The molecule has 1 amide bonds. The van der Waals surface area contributed by atoms with E-state index >= 15 is 0 Å². The van der Waals surface area contributed by atoms with Gasteiger partial charge in [0.15, 0.2) is 0 Å². The second-order valence-electron chi connectivity index (χ2n) is 3.04. The zero-order valence-electron chi connectivity index (χ0n) is 8.53. The highest BCUT2D eigenvalue weighted by molar-refractivity contribution is 7.85. The average molecular weight is 226 g/mol. The molecule has 1 aromatic rings. The number of hydrogen-bond donors (Lipinski definition) is 2. The van der Waals surface area contributed by atoms with Crippen LogP contribution in [0.15, 0.2) is 24.3 Å². The van der Waals surface area contributed by atoms with E-state index in [1.165, 1.54) is 0 Å². The van der Waals surface area contributed by atoms with E-state index in [1.54, 1.807) is 31.2 Å². The van der Waals surface area contributed by atoms with E-state index < -0.39 is 10.8 Å². The van der Waals surface area contributed by atoms with Gasteiger partial charge in [0.1, 0.15) is 5.75 Å². The van der Waals surface area contributed by atoms with Crippen molar-refractivity contribution in [3.8, 4) is 0 Å². The summed E-state index contributed by atoms with van der Waals surface area (Å²) in [5, 5.41) is 2.65. The number of benzene rings is 1. The second kappa shape index (κ2) is 5.50. The maximum atomic E-state index is 11.3. The lowest BCUT2D eigenvalue weighted by atomic mass is 10.3. The van der Waals surface area contributed by atoms with E-state index in [1.807, 2.05) is 0 Å². The van der Waals surface area contributed by atoms with Crippen molar-refractivity contribution in [3.63, 3.8) is 0 Å². The van der Waals surface area contributed by atoms with Crippen molar-refractivity contribution >= 4 is 28.1 Å². The van der Waals surface area contributed by atoms with Crippen LogP contribution in [0.4, 0.5) is 11.4 Å². The molecule has 3 N–H and O–H groups in total. The standard InChI is InChI=1S/C10H14N2O2S/c1-2-15(14)7-10(13)12-9-5-3-8(11)4-6-9/h3-6H,2,7,11H2,1H3,(H,12,13). The molecule has 0 fully saturated rings. The van der Waals surface area contributed by atoms with Crippen LogP contribution in [-0.2, 0) is 15.6 Å². The normalized spacial score (nSPS) is 12.1. The molecule has 0 radical (unpaired) electrons.